The molecule has 0 spiro atoms. The molecule has 6 atom stereocenters. The predicted octanol–water partition coefficient (Wildman–Crippen LogP) is 5.34. The molecule has 0 amide bonds. The molecule has 0 aromatic carbocycles. The standard InChI is InChI=1S/C25H30F2O4/c1-14(28)25(31-15(2)29)10-7-20-22-18(13-27)17(12-26)21-11-16(30)5-8-23(21,3)19(22)6-9-24(20,25)4/h11-13,19-20,22H,5-10H2,1-4H3/t19-,20-,22+,23+,24-,25-/m0/s1. The minimum absolute atomic E-state index is 0.0238. The van der Waals surface area contributed by atoms with Gasteiger partial charge in [-0.1, -0.05) is 13.8 Å². The maximum absolute atomic E-state index is 14.4. The van der Waals surface area contributed by atoms with E-state index in [4.69, 9.17) is 4.74 Å². The number of hydrogen-bond acceptors (Lipinski definition) is 4. The van der Waals surface area contributed by atoms with Crippen LogP contribution < -0.4 is 0 Å². The molecule has 31 heavy (non-hydrogen) atoms. The van der Waals surface area contributed by atoms with E-state index in [9.17, 15) is 23.2 Å². The van der Waals surface area contributed by atoms with Crippen molar-refractivity contribution in [3.05, 3.63) is 35.5 Å². The van der Waals surface area contributed by atoms with Crippen LogP contribution in [0.25, 0.3) is 0 Å². The summed E-state index contributed by atoms with van der Waals surface area (Å²) in [4.78, 5) is 36.9. The third-order valence-corrected chi connectivity index (χ3v) is 9.09. The second kappa shape index (κ2) is 7.21. The quantitative estimate of drug-likeness (QED) is 0.553. The van der Waals surface area contributed by atoms with E-state index in [1.165, 1.54) is 19.9 Å². The molecular weight excluding hydrogens is 402 g/mol. The molecule has 4 rings (SSSR count). The zero-order valence-corrected chi connectivity index (χ0v) is 18.6. The highest BCUT2D eigenvalue weighted by molar-refractivity contribution is 5.93. The van der Waals surface area contributed by atoms with Gasteiger partial charge < -0.3 is 4.74 Å². The van der Waals surface area contributed by atoms with E-state index in [-0.39, 0.29) is 40.5 Å². The van der Waals surface area contributed by atoms with Crippen LogP contribution in [0, 0.1) is 28.6 Å². The molecule has 3 saturated carbocycles. The third-order valence-electron chi connectivity index (χ3n) is 9.09. The lowest BCUT2D eigenvalue weighted by atomic mass is 9.44. The summed E-state index contributed by atoms with van der Waals surface area (Å²) in [6.45, 7) is 6.79. The average Bonchev–Trinajstić information content (AvgIpc) is 3.00. The molecule has 0 aromatic rings. The molecular formula is C25H30F2O4. The van der Waals surface area contributed by atoms with Crippen LogP contribution >= 0.6 is 0 Å². The number of carbonyl (C=O) groups is 3. The maximum atomic E-state index is 14.4. The van der Waals surface area contributed by atoms with Crippen molar-refractivity contribution in [2.75, 3.05) is 0 Å². The van der Waals surface area contributed by atoms with E-state index in [1.807, 2.05) is 6.92 Å². The summed E-state index contributed by atoms with van der Waals surface area (Å²) in [6, 6.07) is 0. The van der Waals surface area contributed by atoms with E-state index >= 15 is 0 Å². The van der Waals surface area contributed by atoms with E-state index in [1.54, 1.807) is 0 Å². The molecule has 3 fully saturated rings. The van der Waals surface area contributed by atoms with Gasteiger partial charge in [0.05, 0.1) is 12.7 Å². The Morgan fingerprint density at radius 3 is 2.32 bits per heavy atom. The first-order chi connectivity index (χ1) is 14.6. The van der Waals surface area contributed by atoms with Gasteiger partial charge in [0, 0.05) is 24.3 Å². The first-order valence-electron chi connectivity index (χ1n) is 11.1. The van der Waals surface area contributed by atoms with Crippen molar-refractivity contribution < 1.29 is 27.9 Å². The van der Waals surface area contributed by atoms with Crippen LogP contribution in [0.5, 0.6) is 0 Å². The lowest BCUT2D eigenvalue weighted by Crippen LogP contribution is -2.59. The molecule has 4 aliphatic carbocycles. The van der Waals surface area contributed by atoms with E-state index in [0.717, 1.165) is 0 Å². The van der Waals surface area contributed by atoms with Crippen molar-refractivity contribution in [1.82, 2.24) is 0 Å². The van der Waals surface area contributed by atoms with Gasteiger partial charge in [-0.2, -0.15) is 0 Å². The van der Waals surface area contributed by atoms with Gasteiger partial charge in [0.25, 0.3) is 0 Å². The highest BCUT2D eigenvalue weighted by Crippen LogP contribution is 2.70. The molecule has 0 unspecified atom stereocenters. The van der Waals surface area contributed by atoms with Crippen LogP contribution in [-0.4, -0.2) is 23.1 Å². The van der Waals surface area contributed by atoms with Crippen molar-refractivity contribution in [3.63, 3.8) is 0 Å². The van der Waals surface area contributed by atoms with Crippen LogP contribution in [0.3, 0.4) is 0 Å². The first kappa shape index (κ1) is 22.1. The second-order valence-electron chi connectivity index (χ2n) is 10.2. The molecule has 4 aliphatic rings. The minimum atomic E-state index is -1.24. The van der Waals surface area contributed by atoms with Gasteiger partial charge in [-0.05, 0) is 79.4 Å². The van der Waals surface area contributed by atoms with E-state index in [0.29, 0.717) is 56.8 Å². The largest absolute Gasteiger partial charge is 0.451 e. The number of halogens is 2. The lowest BCUT2D eigenvalue weighted by molar-refractivity contribution is -0.185. The summed E-state index contributed by atoms with van der Waals surface area (Å²) >= 11 is 0. The Morgan fingerprint density at radius 2 is 1.74 bits per heavy atom. The number of allylic oxidation sites excluding steroid dienone is 3. The number of ether oxygens (including phenoxy) is 1. The van der Waals surface area contributed by atoms with Crippen LogP contribution in [-0.2, 0) is 19.1 Å². The van der Waals surface area contributed by atoms with Gasteiger partial charge in [-0.25, -0.2) is 8.78 Å². The number of fused-ring (bicyclic) bond motifs is 5. The Bertz CT molecular complexity index is 947. The van der Waals surface area contributed by atoms with Crippen LogP contribution in [0.4, 0.5) is 8.78 Å². The van der Waals surface area contributed by atoms with Gasteiger partial charge >= 0.3 is 5.97 Å². The summed E-state index contributed by atoms with van der Waals surface area (Å²) in [5, 5.41) is 0. The Labute approximate surface area is 181 Å². The smallest absolute Gasteiger partial charge is 0.303 e. The van der Waals surface area contributed by atoms with Gasteiger partial charge in [-0.3, -0.25) is 14.4 Å². The van der Waals surface area contributed by atoms with Crippen LogP contribution in [0.15, 0.2) is 35.5 Å². The van der Waals surface area contributed by atoms with Gasteiger partial charge in [0.15, 0.2) is 17.2 Å². The second-order valence-corrected chi connectivity index (χ2v) is 10.2. The van der Waals surface area contributed by atoms with Gasteiger partial charge in [0.1, 0.15) is 0 Å². The van der Waals surface area contributed by atoms with Crippen molar-refractivity contribution >= 4 is 17.5 Å². The molecule has 0 aromatic heterocycles. The van der Waals surface area contributed by atoms with Crippen molar-refractivity contribution in [3.8, 4) is 0 Å². The number of hydrogen-bond donors (Lipinski definition) is 0. The fourth-order valence-electron chi connectivity index (χ4n) is 7.63. The molecule has 0 aliphatic heterocycles. The molecule has 0 saturated heterocycles. The molecule has 6 heteroatoms. The molecule has 0 N–H and O–H groups in total. The summed E-state index contributed by atoms with van der Waals surface area (Å²) < 4.78 is 34.3. The molecule has 0 radical (unpaired) electrons. The van der Waals surface area contributed by atoms with Crippen molar-refractivity contribution in [2.45, 2.75) is 71.8 Å². The topological polar surface area (TPSA) is 60.4 Å². The zero-order chi connectivity index (χ0) is 22.8. The molecule has 0 bridgehead atoms. The normalized spacial score (nSPS) is 44.4. The first-order valence-corrected chi connectivity index (χ1v) is 11.1. The predicted molar refractivity (Wildman–Crippen MR) is 111 cm³/mol. The fraction of sp³-hybridized carbons (Fsp3) is 0.640. The van der Waals surface area contributed by atoms with Crippen LogP contribution in [0.1, 0.15) is 66.2 Å². The Morgan fingerprint density at radius 1 is 1.06 bits per heavy atom. The highest BCUT2D eigenvalue weighted by Gasteiger charge is 2.69. The van der Waals surface area contributed by atoms with Crippen molar-refractivity contribution in [1.29, 1.82) is 0 Å². The average molecular weight is 433 g/mol. The Balaban J connectivity index is 1.87. The number of carbonyl (C=O) groups excluding carboxylic acids is 3. The molecule has 0 heterocycles. The highest BCUT2D eigenvalue weighted by atomic mass is 19.1. The van der Waals surface area contributed by atoms with E-state index < -0.39 is 22.4 Å². The number of ketones is 2. The summed E-state index contributed by atoms with van der Waals surface area (Å²) in [7, 11) is 0. The summed E-state index contributed by atoms with van der Waals surface area (Å²) in [5.74, 6) is -1.17. The number of Topliss-reactive ketones (excluding diaryl/α,β-unsaturated/α-hetero) is 1. The van der Waals surface area contributed by atoms with Crippen LogP contribution in [0.2, 0.25) is 0 Å². The SMILES string of the molecule is CC(=O)O[C@]1(C(C)=O)CC[C@H]2[C@@H]3C(=CF)C(=CF)C4=CC(=O)CC[C@]4(C)[C@H]3CC[C@@]21C. The Kier molecular flexibility index (Phi) is 5.14. The number of esters is 1. The minimum Gasteiger partial charge on any atom is -0.451 e. The molecule has 4 nitrogen and oxygen atoms in total. The monoisotopic (exact) mass is 432 g/mol. The van der Waals surface area contributed by atoms with Gasteiger partial charge in [0.2, 0.25) is 0 Å². The summed E-state index contributed by atoms with van der Waals surface area (Å²) in [5.41, 5.74) is -1.32. The zero-order valence-electron chi connectivity index (χ0n) is 18.6. The third kappa shape index (κ3) is 2.79. The Hall–Kier alpha value is -2.11. The van der Waals surface area contributed by atoms with Gasteiger partial charge in [-0.15, -0.1) is 0 Å². The lowest BCUT2D eigenvalue weighted by Gasteiger charge is -2.59. The van der Waals surface area contributed by atoms with Crippen molar-refractivity contribution in [2.24, 2.45) is 28.6 Å². The molecule has 168 valence electrons. The maximum Gasteiger partial charge on any atom is 0.303 e. The van der Waals surface area contributed by atoms with E-state index in [2.05, 4.69) is 6.92 Å². The number of rotatable bonds is 2. The fourth-order valence-corrected chi connectivity index (χ4v) is 7.63. The summed E-state index contributed by atoms with van der Waals surface area (Å²) in [6.07, 6.45) is 5.71.